The number of nitrogens with one attached hydrogen (secondary N) is 1. The van der Waals surface area contributed by atoms with E-state index in [9.17, 15) is 18.8 Å². The maximum Gasteiger partial charge on any atom is 0.305 e. The molecule has 3 heterocycles. The molecule has 2 saturated carbocycles. The van der Waals surface area contributed by atoms with Gasteiger partial charge in [-0.05, 0) is 60.9 Å². The van der Waals surface area contributed by atoms with Gasteiger partial charge in [-0.3, -0.25) is 19.3 Å². The van der Waals surface area contributed by atoms with Crippen LogP contribution in [-0.2, 0) is 9.59 Å². The number of aromatic amines is 1. The van der Waals surface area contributed by atoms with E-state index in [1.807, 2.05) is 0 Å². The average molecular weight is 493 g/mol. The number of nitrogens with zero attached hydrogens (tertiary/aromatic N) is 1. The first-order valence-electron chi connectivity index (χ1n) is 11.5. The number of thiazole rings is 1. The second-order valence-corrected chi connectivity index (χ2v) is 12.1. The van der Waals surface area contributed by atoms with Crippen LogP contribution in [0.3, 0.4) is 0 Å². The Morgan fingerprint density at radius 3 is 2.32 bits per heavy atom. The molecule has 2 aromatic carbocycles. The average Bonchev–Trinajstić information content (AvgIpc) is 3.54. The van der Waals surface area contributed by atoms with Gasteiger partial charge in [0, 0.05) is 16.0 Å². The Kier molecular flexibility index (Phi) is 4.34. The SMILES string of the molecule is Cc1ccc([C@@H]2c3sc(=O)[nH]c3S[C@H]3[C@@H]4C[C@@H]([C@@H]5C(=O)N(c6ccc(F)cc6)C(=O)[C@@H]45)[C@H]23)cc1. The number of amides is 2. The van der Waals surface area contributed by atoms with Crippen LogP contribution in [0, 0.1) is 42.3 Å². The number of hydrogen-bond acceptors (Lipinski definition) is 5. The monoisotopic (exact) mass is 492 g/mol. The lowest BCUT2D eigenvalue weighted by molar-refractivity contribution is -0.123. The minimum atomic E-state index is -0.397. The molecule has 7 rings (SSSR count). The number of thioether (sulfide) groups is 1. The van der Waals surface area contributed by atoms with Crippen molar-refractivity contribution < 1.29 is 14.0 Å². The van der Waals surface area contributed by atoms with Crippen molar-refractivity contribution >= 4 is 40.6 Å². The Labute approximate surface area is 203 Å². The van der Waals surface area contributed by atoms with Crippen LogP contribution in [0.15, 0.2) is 58.4 Å². The van der Waals surface area contributed by atoms with Gasteiger partial charge in [0.15, 0.2) is 0 Å². The van der Waals surface area contributed by atoms with E-state index in [0.29, 0.717) is 5.69 Å². The zero-order valence-electron chi connectivity index (χ0n) is 18.2. The van der Waals surface area contributed by atoms with E-state index in [4.69, 9.17) is 0 Å². The highest BCUT2D eigenvalue weighted by atomic mass is 32.2. The van der Waals surface area contributed by atoms with E-state index in [0.717, 1.165) is 21.9 Å². The number of halogens is 1. The van der Waals surface area contributed by atoms with Crippen LogP contribution in [0.4, 0.5) is 10.1 Å². The summed E-state index contributed by atoms with van der Waals surface area (Å²) in [5.74, 6) is -1.05. The summed E-state index contributed by atoms with van der Waals surface area (Å²) in [7, 11) is 0. The second-order valence-electron chi connectivity index (χ2n) is 9.86. The van der Waals surface area contributed by atoms with Crippen LogP contribution < -0.4 is 9.77 Å². The molecule has 8 heteroatoms. The molecule has 0 unspecified atom stereocenters. The lowest BCUT2D eigenvalue weighted by Crippen LogP contribution is -2.42. The third-order valence-corrected chi connectivity index (χ3v) is 10.8. The molecule has 2 aliphatic carbocycles. The maximum atomic E-state index is 13.6. The van der Waals surface area contributed by atoms with Gasteiger partial charge >= 0.3 is 4.87 Å². The van der Waals surface area contributed by atoms with Crippen LogP contribution in [0.5, 0.6) is 0 Å². The number of aromatic nitrogens is 1. The van der Waals surface area contributed by atoms with Crippen molar-refractivity contribution in [1.29, 1.82) is 0 Å². The fourth-order valence-electron chi connectivity index (χ4n) is 7.01. The molecule has 7 atom stereocenters. The number of carbonyl (C=O) groups excluding carboxylic acids is 2. The Morgan fingerprint density at radius 2 is 1.62 bits per heavy atom. The summed E-state index contributed by atoms with van der Waals surface area (Å²) in [6.45, 7) is 2.05. The molecule has 172 valence electrons. The number of carbonyl (C=O) groups is 2. The molecule has 2 aliphatic heterocycles. The van der Waals surface area contributed by atoms with Gasteiger partial charge in [-0.15, -0.1) is 11.8 Å². The number of rotatable bonds is 2. The second kappa shape index (κ2) is 7.15. The number of imide groups is 1. The van der Waals surface area contributed by atoms with Crippen LogP contribution in [0.25, 0.3) is 0 Å². The van der Waals surface area contributed by atoms with E-state index in [1.54, 1.807) is 11.8 Å². The van der Waals surface area contributed by atoms with Crippen molar-refractivity contribution in [2.24, 2.45) is 29.6 Å². The normalized spacial score (nSPS) is 33.2. The highest BCUT2D eigenvalue weighted by Crippen LogP contribution is 2.68. The number of hydrogen-bond donors (Lipinski definition) is 1. The molecule has 2 amide bonds. The Morgan fingerprint density at radius 1 is 0.941 bits per heavy atom. The largest absolute Gasteiger partial charge is 0.307 e. The van der Waals surface area contributed by atoms with Crippen LogP contribution in [0.2, 0.25) is 0 Å². The molecular formula is C26H21FN2O3S2. The summed E-state index contributed by atoms with van der Waals surface area (Å²) >= 11 is 2.96. The quantitative estimate of drug-likeness (QED) is 0.533. The number of H-pyrrole nitrogens is 1. The molecule has 34 heavy (non-hydrogen) atoms. The Hall–Kier alpha value is -2.71. The third-order valence-electron chi connectivity index (χ3n) is 8.25. The summed E-state index contributed by atoms with van der Waals surface area (Å²) in [6, 6.07) is 14.1. The molecule has 4 aliphatic rings. The third kappa shape index (κ3) is 2.69. The van der Waals surface area contributed by atoms with Crippen LogP contribution in [-0.4, -0.2) is 22.0 Å². The van der Waals surface area contributed by atoms with Gasteiger partial charge in [0.2, 0.25) is 11.8 Å². The van der Waals surface area contributed by atoms with Crippen molar-refractivity contribution in [3.8, 4) is 0 Å². The van der Waals surface area contributed by atoms with Gasteiger partial charge < -0.3 is 4.98 Å². The molecule has 3 fully saturated rings. The molecule has 0 spiro atoms. The van der Waals surface area contributed by atoms with Gasteiger partial charge in [-0.2, -0.15) is 0 Å². The van der Waals surface area contributed by atoms with Gasteiger partial charge in [0.1, 0.15) is 5.82 Å². The van der Waals surface area contributed by atoms with E-state index in [2.05, 4.69) is 36.2 Å². The van der Waals surface area contributed by atoms with Crippen LogP contribution in [0.1, 0.15) is 28.3 Å². The zero-order chi connectivity index (χ0) is 23.3. The Balaban J connectivity index is 1.32. The highest BCUT2D eigenvalue weighted by molar-refractivity contribution is 8.00. The van der Waals surface area contributed by atoms with E-state index in [1.165, 1.54) is 46.1 Å². The van der Waals surface area contributed by atoms with E-state index in [-0.39, 0.29) is 57.4 Å². The lowest BCUT2D eigenvalue weighted by Gasteiger charge is -2.43. The molecule has 1 N–H and O–H groups in total. The van der Waals surface area contributed by atoms with E-state index >= 15 is 0 Å². The topological polar surface area (TPSA) is 70.2 Å². The zero-order valence-corrected chi connectivity index (χ0v) is 19.9. The molecule has 1 aromatic heterocycles. The summed E-state index contributed by atoms with van der Waals surface area (Å²) in [4.78, 5) is 44.8. The van der Waals surface area contributed by atoms with Crippen molar-refractivity contribution in [2.45, 2.75) is 29.5 Å². The molecule has 3 aromatic rings. The van der Waals surface area contributed by atoms with Gasteiger partial charge in [0.25, 0.3) is 0 Å². The number of aryl methyl sites for hydroxylation is 1. The predicted molar refractivity (Wildman–Crippen MR) is 129 cm³/mol. The van der Waals surface area contributed by atoms with Crippen LogP contribution >= 0.6 is 23.1 Å². The smallest absolute Gasteiger partial charge is 0.305 e. The van der Waals surface area contributed by atoms with Crippen molar-refractivity contribution in [3.05, 3.63) is 80.0 Å². The standard InChI is InChI=1S/C26H21FN2O3S2/c1-11-2-4-12(5-3-11)17-18-15-10-16(21(18)33-23-22(17)34-26(32)28-23)20-19(15)24(30)29(25(20)31)14-8-6-13(27)7-9-14/h2-9,15-21H,10H2,1H3,(H,28,32)/t15-,16-,17+,18-,19+,20+,21+/m1/s1. The first-order chi connectivity index (χ1) is 16.4. The lowest BCUT2D eigenvalue weighted by atomic mass is 9.68. The minimum Gasteiger partial charge on any atom is -0.307 e. The first-order valence-corrected chi connectivity index (χ1v) is 13.2. The highest BCUT2D eigenvalue weighted by Gasteiger charge is 2.69. The molecule has 5 nitrogen and oxygen atoms in total. The summed E-state index contributed by atoms with van der Waals surface area (Å²) < 4.78 is 13.5. The van der Waals surface area contributed by atoms with Gasteiger partial charge in [-0.25, -0.2) is 4.39 Å². The minimum absolute atomic E-state index is 0.0320. The first kappa shape index (κ1) is 20.6. The van der Waals surface area contributed by atoms with Crippen molar-refractivity contribution in [1.82, 2.24) is 4.98 Å². The van der Waals surface area contributed by atoms with Crippen molar-refractivity contribution in [2.75, 3.05) is 4.90 Å². The molecular weight excluding hydrogens is 471 g/mol. The summed E-state index contributed by atoms with van der Waals surface area (Å²) in [5.41, 5.74) is 2.78. The summed E-state index contributed by atoms with van der Waals surface area (Å²) in [6.07, 6.45) is 0.855. The number of benzene rings is 2. The predicted octanol–water partition coefficient (Wildman–Crippen LogP) is 4.56. The molecule has 1 saturated heterocycles. The maximum absolute atomic E-state index is 13.6. The van der Waals surface area contributed by atoms with Gasteiger partial charge in [-0.1, -0.05) is 41.2 Å². The Bertz CT molecular complexity index is 1400. The molecule has 2 bridgehead atoms. The van der Waals surface area contributed by atoms with Crippen molar-refractivity contribution in [3.63, 3.8) is 0 Å². The molecule has 0 radical (unpaired) electrons. The summed E-state index contributed by atoms with van der Waals surface area (Å²) in [5, 5.41) is 1.08. The fourth-order valence-corrected chi connectivity index (χ4v) is 9.90. The van der Waals surface area contributed by atoms with E-state index < -0.39 is 5.82 Å². The number of fused-ring (bicyclic) bond motifs is 9. The number of anilines is 1. The fraction of sp³-hybridized carbons (Fsp3) is 0.346. The van der Waals surface area contributed by atoms with Gasteiger partial charge in [0.05, 0.1) is 22.5 Å².